The van der Waals surface area contributed by atoms with Crippen LogP contribution in [0.1, 0.15) is 71.6 Å². The molecule has 0 bridgehead atoms. The van der Waals surface area contributed by atoms with E-state index in [-0.39, 0.29) is 5.41 Å². The summed E-state index contributed by atoms with van der Waals surface area (Å²) in [7, 11) is 0. The second kappa shape index (κ2) is 6.37. The van der Waals surface area contributed by atoms with Crippen molar-refractivity contribution in [3.63, 3.8) is 0 Å². The number of hydrogen-bond acceptors (Lipinski definition) is 4. The minimum absolute atomic E-state index is 0.00170. The Balaban J connectivity index is 1.51. The average Bonchev–Trinajstić information content (AvgIpc) is 2.90. The van der Waals surface area contributed by atoms with Crippen LogP contribution in [0.4, 0.5) is 0 Å². The van der Waals surface area contributed by atoms with E-state index in [1.807, 2.05) is 0 Å². The normalized spacial score (nSPS) is 48.0. The number of nitrogens with zero attached hydrogens (tertiary/aromatic N) is 1. The van der Waals surface area contributed by atoms with Crippen molar-refractivity contribution in [1.29, 1.82) is 0 Å². The van der Waals surface area contributed by atoms with E-state index in [0.717, 1.165) is 49.9 Å². The molecule has 6 atom stereocenters. The number of hydrogen-bond donors (Lipinski definition) is 1. The maximum absolute atomic E-state index is 12.5. The number of carbonyl (C=O) groups is 1. The molecule has 4 saturated carbocycles. The van der Waals surface area contributed by atoms with Gasteiger partial charge >= 0.3 is 0 Å². The number of carbonyl (C=O) groups excluding carboxylic acids is 1. The highest BCUT2D eigenvalue weighted by atomic mass is 16.6. The third kappa shape index (κ3) is 2.67. The molecule has 0 aliphatic heterocycles. The van der Waals surface area contributed by atoms with Gasteiger partial charge in [-0.25, -0.2) is 0 Å². The minimum Gasteiger partial charge on any atom is -0.395 e. The Morgan fingerprint density at radius 1 is 1.12 bits per heavy atom. The highest BCUT2D eigenvalue weighted by Crippen LogP contribution is 2.65. The molecule has 4 fully saturated rings. The van der Waals surface area contributed by atoms with Gasteiger partial charge in [0.1, 0.15) is 12.4 Å². The first-order chi connectivity index (χ1) is 12.0. The number of oxime groups is 1. The van der Waals surface area contributed by atoms with Gasteiger partial charge in [0.25, 0.3) is 0 Å². The largest absolute Gasteiger partial charge is 0.395 e. The summed E-state index contributed by atoms with van der Waals surface area (Å²) in [5.74, 6) is 3.53. The van der Waals surface area contributed by atoms with Crippen LogP contribution >= 0.6 is 0 Å². The Morgan fingerprint density at radius 3 is 2.76 bits per heavy atom. The maximum atomic E-state index is 12.5. The Bertz CT molecular complexity index is 574. The molecule has 0 unspecified atom stereocenters. The molecule has 0 amide bonds. The first kappa shape index (κ1) is 17.5. The van der Waals surface area contributed by atoms with Crippen molar-refractivity contribution < 1.29 is 9.63 Å². The number of fused-ring (bicyclic) bond motifs is 5. The summed E-state index contributed by atoms with van der Waals surface area (Å²) < 4.78 is 0. The van der Waals surface area contributed by atoms with E-state index < -0.39 is 0 Å². The molecule has 4 aliphatic rings. The summed E-state index contributed by atoms with van der Waals surface area (Å²) in [4.78, 5) is 17.8. The van der Waals surface area contributed by atoms with Crippen LogP contribution in [-0.2, 0) is 9.63 Å². The van der Waals surface area contributed by atoms with Crippen molar-refractivity contribution in [3.05, 3.63) is 0 Å². The fraction of sp³-hybridized carbons (Fsp3) is 0.905. The van der Waals surface area contributed by atoms with E-state index in [1.54, 1.807) is 0 Å². The lowest BCUT2D eigenvalue weighted by molar-refractivity contribution is -0.137. The van der Waals surface area contributed by atoms with Crippen molar-refractivity contribution in [1.82, 2.24) is 0 Å². The van der Waals surface area contributed by atoms with Crippen LogP contribution in [-0.4, -0.2) is 24.6 Å². The van der Waals surface area contributed by atoms with Crippen LogP contribution < -0.4 is 5.73 Å². The quantitative estimate of drug-likeness (QED) is 0.622. The van der Waals surface area contributed by atoms with E-state index >= 15 is 0 Å². The van der Waals surface area contributed by atoms with E-state index in [0.29, 0.717) is 30.3 Å². The van der Waals surface area contributed by atoms with Crippen LogP contribution in [0.15, 0.2) is 5.16 Å². The number of rotatable bonds is 3. The predicted octanol–water partition coefficient (Wildman–Crippen LogP) is 3.93. The fourth-order valence-corrected chi connectivity index (χ4v) is 7.10. The monoisotopic (exact) mass is 346 g/mol. The Hall–Kier alpha value is -0.900. The Morgan fingerprint density at radius 2 is 1.96 bits per heavy atom. The molecule has 4 heteroatoms. The minimum atomic E-state index is 0.00170. The molecule has 0 spiro atoms. The van der Waals surface area contributed by atoms with Crippen LogP contribution in [0.25, 0.3) is 0 Å². The van der Waals surface area contributed by atoms with Gasteiger partial charge in [0.2, 0.25) is 0 Å². The molecule has 0 heterocycles. The molecular formula is C21H34N2O2. The van der Waals surface area contributed by atoms with Gasteiger partial charge in [-0.15, -0.1) is 0 Å². The van der Waals surface area contributed by atoms with E-state index in [9.17, 15) is 4.79 Å². The molecule has 0 saturated heterocycles. The summed E-state index contributed by atoms with van der Waals surface area (Å²) >= 11 is 0. The summed E-state index contributed by atoms with van der Waals surface area (Å²) in [6, 6.07) is 0. The molecule has 0 radical (unpaired) electrons. The molecule has 0 aromatic carbocycles. The second-order valence-electron chi connectivity index (χ2n) is 9.56. The van der Waals surface area contributed by atoms with Crippen LogP contribution in [0.5, 0.6) is 0 Å². The van der Waals surface area contributed by atoms with Crippen molar-refractivity contribution in [2.75, 3.05) is 13.2 Å². The van der Waals surface area contributed by atoms with Crippen molar-refractivity contribution in [2.45, 2.75) is 71.6 Å². The average molecular weight is 347 g/mol. The summed E-state index contributed by atoms with van der Waals surface area (Å²) in [5.41, 5.74) is 7.17. The fourth-order valence-electron chi connectivity index (χ4n) is 7.10. The third-order valence-corrected chi connectivity index (χ3v) is 8.61. The number of Topliss-reactive ketones (excluding diaryl/α,β-unsaturated/α-hetero) is 1. The van der Waals surface area contributed by atoms with Crippen molar-refractivity contribution in [3.8, 4) is 0 Å². The Labute approximate surface area is 151 Å². The zero-order valence-corrected chi connectivity index (χ0v) is 15.9. The van der Waals surface area contributed by atoms with Crippen molar-refractivity contribution >= 4 is 11.5 Å². The van der Waals surface area contributed by atoms with Gasteiger partial charge in [0, 0.05) is 18.4 Å². The smallest absolute Gasteiger partial charge is 0.139 e. The van der Waals surface area contributed by atoms with Gasteiger partial charge in [-0.3, -0.25) is 4.79 Å². The van der Waals surface area contributed by atoms with Crippen LogP contribution in [0.2, 0.25) is 0 Å². The molecule has 0 aromatic rings. The zero-order chi connectivity index (χ0) is 17.7. The summed E-state index contributed by atoms with van der Waals surface area (Å²) in [5, 5.41) is 4.37. The Kier molecular flexibility index (Phi) is 4.46. The third-order valence-electron chi connectivity index (χ3n) is 8.61. The lowest BCUT2D eigenvalue weighted by atomic mass is 9.45. The van der Waals surface area contributed by atoms with Gasteiger partial charge in [0.15, 0.2) is 0 Å². The van der Waals surface area contributed by atoms with E-state index in [1.165, 1.54) is 31.4 Å². The van der Waals surface area contributed by atoms with Gasteiger partial charge in [-0.2, -0.15) is 0 Å². The lowest BCUT2D eigenvalue weighted by Gasteiger charge is -2.59. The molecule has 4 aliphatic carbocycles. The van der Waals surface area contributed by atoms with Crippen molar-refractivity contribution in [2.24, 2.45) is 45.4 Å². The number of nitrogens with two attached hydrogens (primary N) is 1. The first-order valence-corrected chi connectivity index (χ1v) is 10.4. The van der Waals surface area contributed by atoms with Gasteiger partial charge in [-0.1, -0.05) is 19.0 Å². The van der Waals surface area contributed by atoms with Gasteiger partial charge in [-0.05, 0) is 80.5 Å². The highest BCUT2D eigenvalue weighted by molar-refractivity contribution is 5.87. The molecule has 4 nitrogen and oxygen atoms in total. The molecule has 4 rings (SSSR count). The summed E-state index contributed by atoms with van der Waals surface area (Å²) in [6.07, 6.45) is 10.4. The van der Waals surface area contributed by atoms with Gasteiger partial charge in [0.05, 0.1) is 5.71 Å². The van der Waals surface area contributed by atoms with Gasteiger partial charge < -0.3 is 10.6 Å². The molecule has 2 N–H and O–H groups in total. The van der Waals surface area contributed by atoms with Crippen LogP contribution in [0, 0.1) is 34.5 Å². The van der Waals surface area contributed by atoms with E-state index in [4.69, 9.17) is 10.6 Å². The summed E-state index contributed by atoms with van der Waals surface area (Å²) in [6.45, 7) is 5.87. The standard InChI is InChI=1S/C21H34N2O2/c1-20-9-7-15(23-25-12-11-22)13-14(20)3-4-16-17-5-6-19(24)21(17,2)10-8-18(16)20/h14,16-18H,3-13,22H2,1-2H3/t14-,16-,17-,18-,20-,21-/m0/s1. The van der Waals surface area contributed by atoms with E-state index in [2.05, 4.69) is 19.0 Å². The molecule has 25 heavy (non-hydrogen) atoms. The second-order valence-corrected chi connectivity index (χ2v) is 9.56. The van der Waals surface area contributed by atoms with Crippen LogP contribution in [0.3, 0.4) is 0 Å². The zero-order valence-electron chi connectivity index (χ0n) is 15.9. The maximum Gasteiger partial charge on any atom is 0.139 e. The SMILES string of the molecule is C[C@]12CCC(=NOCCN)C[C@@H]1CC[C@@H]1[C@@H]2CC[C@]2(C)C(=O)CC[C@@H]12. The number of ketones is 1. The first-order valence-electron chi connectivity index (χ1n) is 10.4. The predicted molar refractivity (Wildman–Crippen MR) is 99.2 cm³/mol. The highest BCUT2D eigenvalue weighted by Gasteiger charge is 2.59. The topological polar surface area (TPSA) is 64.7 Å². The lowest BCUT2D eigenvalue weighted by Crippen LogP contribution is -2.53. The molecule has 0 aromatic heterocycles. The molecular weight excluding hydrogens is 312 g/mol. The molecule has 140 valence electrons.